The molecule has 0 saturated carbocycles. The standard InChI is InChI=1S/C10H9ClN4OS/c1-5-3-14-10(17-5)15-9(16)6-2-7(11)8(12)13-4-6/h2-4H,1H3,(H2,12,13)(H,14,15,16). The van der Waals surface area contributed by atoms with Gasteiger partial charge in [-0.3, -0.25) is 10.1 Å². The number of thiazole rings is 1. The minimum absolute atomic E-state index is 0.202. The summed E-state index contributed by atoms with van der Waals surface area (Å²) >= 11 is 7.18. The molecular formula is C10H9ClN4OS. The number of nitrogens with zero attached hydrogens (tertiary/aromatic N) is 2. The van der Waals surface area contributed by atoms with E-state index < -0.39 is 0 Å². The highest BCUT2D eigenvalue weighted by molar-refractivity contribution is 7.15. The summed E-state index contributed by atoms with van der Waals surface area (Å²) in [5.74, 6) is -0.109. The van der Waals surface area contributed by atoms with Gasteiger partial charge in [0.15, 0.2) is 5.13 Å². The first-order valence-electron chi connectivity index (χ1n) is 4.71. The average molecular weight is 269 g/mol. The fourth-order valence-corrected chi connectivity index (χ4v) is 1.98. The maximum Gasteiger partial charge on any atom is 0.259 e. The third-order valence-electron chi connectivity index (χ3n) is 1.97. The normalized spacial score (nSPS) is 10.2. The van der Waals surface area contributed by atoms with Crippen molar-refractivity contribution in [2.75, 3.05) is 11.1 Å². The number of hydrogen-bond acceptors (Lipinski definition) is 5. The Hall–Kier alpha value is -1.66. The summed E-state index contributed by atoms with van der Waals surface area (Å²) in [5.41, 5.74) is 5.80. The molecule has 0 unspecified atom stereocenters. The fraction of sp³-hybridized carbons (Fsp3) is 0.100. The van der Waals surface area contributed by atoms with Gasteiger partial charge in [-0.15, -0.1) is 11.3 Å². The number of amides is 1. The van der Waals surface area contributed by atoms with E-state index >= 15 is 0 Å². The molecule has 0 bridgehead atoms. The highest BCUT2D eigenvalue weighted by atomic mass is 35.5. The molecule has 17 heavy (non-hydrogen) atoms. The molecule has 2 rings (SSSR count). The van der Waals surface area contributed by atoms with Crippen molar-refractivity contribution in [3.8, 4) is 0 Å². The van der Waals surface area contributed by atoms with Crippen LogP contribution in [-0.4, -0.2) is 15.9 Å². The van der Waals surface area contributed by atoms with Gasteiger partial charge in [-0.2, -0.15) is 0 Å². The van der Waals surface area contributed by atoms with Crippen LogP contribution in [0.1, 0.15) is 15.2 Å². The number of nitrogens with two attached hydrogens (primary N) is 1. The van der Waals surface area contributed by atoms with Crippen LogP contribution in [0.3, 0.4) is 0 Å². The first-order valence-corrected chi connectivity index (χ1v) is 5.90. The summed E-state index contributed by atoms with van der Waals surface area (Å²) in [7, 11) is 0. The molecule has 0 aliphatic heterocycles. The zero-order valence-electron chi connectivity index (χ0n) is 8.90. The van der Waals surface area contributed by atoms with E-state index in [2.05, 4.69) is 15.3 Å². The number of aryl methyl sites for hydroxylation is 1. The van der Waals surface area contributed by atoms with Crippen LogP contribution >= 0.6 is 22.9 Å². The van der Waals surface area contributed by atoms with Crippen molar-refractivity contribution >= 4 is 39.8 Å². The number of anilines is 2. The van der Waals surface area contributed by atoms with Crippen molar-refractivity contribution in [3.63, 3.8) is 0 Å². The van der Waals surface area contributed by atoms with Gasteiger partial charge in [0, 0.05) is 17.3 Å². The van der Waals surface area contributed by atoms with Crippen molar-refractivity contribution < 1.29 is 4.79 Å². The largest absolute Gasteiger partial charge is 0.382 e. The molecule has 2 heterocycles. The van der Waals surface area contributed by atoms with Crippen LogP contribution in [0.15, 0.2) is 18.5 Å². The van der Waals surface area contributed by atoms with Crippen LogP contribution in [0.25, 0.3) is 0 Å². The molecule has 5 nitrogen and oxygen atoms in total. The topological polar surface area (TPSA) is 80.9 Å². The third kappa shape index (κ3) is 2.72. The molecule has 7 heteroatoms. The van der Waals surface area contributed by atoms with Gasteiger partial charge in [-0.05, 0) is 13.0 Å². The van der Waals surface area contributed by atoms with Gasteiger partial charge in [0.25, 0.3) is 5.91 Å². The second-order valence-electron chi connectivity index (χ2n) is 3.32. The SMILES string of the molecule is Cc1cnc(NC(=O)c2cnc(N)c(Cl)c2)s1. The van der Waals surface area contributed by atoms with Crippen LogP contribution in [0.4, 0.5) is 10.9 Å². The van der Waals surface area contributed by atoms with Crippen molar-refractivity contribution in [1.82, 2.24) is 9.97 Å². The Morgan fingerprint density at radius 1 is 1.47 bits per heavy atom. The summed E-state index contributed by atoms with van der Waals surface area (Å²) in [6, 6.07) is 1.47. The number of aromatic nitrogens is 2. The molecule has 0 atom stereocenters. The Kier molecular flexibility index (Phi) is 3.26. The van der Waals surface area contributed by atoms with Gasteiger partial charge in [-0.25, -0.2) is 9.97 Å². The summed E-state index contributed by atoms with van der Waals surface area (Å²) in [6.07, 6.45) is 3.06. The molecule has 2 aromatic heterocycles. The predicted octanol–water partition coefficient (Wildman–Crippen LogP) is 2.33. The lowest BCUT2D eigenvalue weighted by atomic mass is 10.2. The van der Waals surface area contributed by atoms with Gasteiger partial charge in [0.1, 0.15) is 5.82 Å². The molecule has 0 fully saturated rings. The monoisotopic (exact) mass is 268 g/mol. The van der Waals surface area contributed by atoms with Crippen molar-refractivity contribution in [2.24, 2.45) is 0 Å². The molecule has 0 aliphatic carbocycles. The highest BCUT2D eigenvalue weighted by Gasteiger charge is 2.10. The number of carbonyl (C=O) groups excluding carboxylic acids is 1. The molecule has 3 N–H and O–H groups in total. The first kappa shape index (κ1) is 11.8. The summed E-state index contributed by atoms with van der Waals surface area (Å²) in [4.78, 5) is 20.7. The van der Waals surface area contributed by atoms with E-state index in [1.165, 1.54) is 23.6 Å². The smallest absolute Gasteiger partial charge is 0.259 e. The van der Waals surface area contributed by atoms with Crippen molar-refractivity contribution in [1.29, 1.82) is 0 Å². The number of halogens is 1. The Morgan fingerprint density at radius 3 is 2.82 bits per heavy atom. The maximum atomic E-state index is 11.8. The zero-order chi connectivity index (χ0) is 12.4. The lowest BCUT2D eigenvalue weighted by molar-refractivity contribution is 0.102. The highest BCUT2D eigenvalue weighted by Crippen LogP contribution is 2.20. The van der Waals surface area contributed by atoms with Crippen LogP contribution in [0, 0.1) is 6.92 Å². The Morgan fingerprint density at radius 2 is 2.24 bits per heavy atom. The fourth-order valence-electron chi connectivity index (χ4n) is 1.15. The Labute approximate surface area is 107 Å². The molecule has 2 aromatic rings. The second-order valence-corrected chi connectivity index (χ2v) is 4.96. The van der Waals surface area contributed by atoms with Gasteiger partial charge in [0.2, 0.25) is 0 Å². The summed E-state index contributed by atoms with van der Waals surface area (Å²) in [6.45, 7) is 1.91. The first-order chi connectivity index (χ1) is 8.06. The molecule has 0 aliphatic rings. The number of rotatable bonds is 2. The van der Waals surface area contributed by atoms with Crippen molar-refractivity contribution in [3.05, 3.63) is 33.9 Å². The number of nitrogens with one attached hydrogen (secondary N) is 1. The molecular weight excluding hydrogens is 260 g/mol. The predicted molar refractivity (Wildman–Crippen MR) is 68.5 cm³/mol. The van der Waals surface area contributed by atoms with Gasteiger partial charge in [0.05, 0.1) is 10.6 Å². The molecule has 1 amide bonds. The van der Waals surface area contributed by atoms with Gasteiger partial charge in [-0.1, -0.05) is 11.6 Å². The molecule has 88 valence electrons. The Balaban J connectivity index is 2.17. The van der Waals surface area contributed by atoms with Crippen LogP contribution in [0.5, 0.6) is 0 Å². The van der Waals surface area contributed by atoms with E-state index in [-0.39, 0.29) is 16.7 Å². The van der Waals surface area contributed by atoms with Crippen molar-refractivity contribution in [2.45, 2.75) is 6.92 Å². The van der Waals surface area contributed by atoms with E-state index in [1.54, 1.807) is 6.20 Å². The summed E-state index contributed by atoms with van der Waals surface area (Å²) < 4.78 is 0. The van der Waals surface area contributed by atoms with Gasteiger partial charge >= 0.3 is 0 Å². The van der Waals surface area contributed by atoms with E-state index in [0.717, 1.165) is 4.88 Å². The number of hydrogen-bond donors (Lipinski definition) is 2. The second kappa shape index (κ2) is 4.68. The van der Waals surface area contributed by atoms with Crippen LogP contribution in [0.2, 0.25) is 5.02 Å². The number of carbonyl (C=O) groups is 1. The van der Waals surface area contributed by atoms with Gasteiger partial charge < -0.3 is 5.73 Å². The third-order valence-corrected chi connectivity index (χ3v) is 3.10. The maximum absolute atomic E-state index is 11.8. The minimum Gasteiger partial charge on any atom is -0.382 e. The van der Waals surface area contributed by atoms with Crippen LogP contribution in [-0.2, 0) is 0 Å². The Bertz CT molecular complexity index is 569. The number of pyridine rings is 1. The molecule has 0 radical (unpaired) electrons. The lowest BCUT2D eigenvalue weighted by Crippen LogP contribution is -2.12. The van der Waals surface area contributed by atoms with E-state index in [9.17, 15) is 4.79 Å². The number of nitrogen functional groups attached to an aromatic ring is 1. The lowest BCUT2D eigenvalue weighted by Gasteiger charge is -2.02. The zero-order valence-corrected chi connectivity index (χ0v) is 10.5. The minimum atomic E-state index is -0.311. The molecule has 0 spiro atoms. The molecule has 0 aromatic carbocycles. The van der Waals surface area contributed by atoms with E-state index in [1.807, 2.05) is 6.92 Å². The van der Waals surface area contributed by atoms with Crippen LogP contribution < -0.4 is 11.1 Å². The quantitative estimate of drug-likeness (QED) is 0.876. The average Bonchev–Trinajstić information content (AvgIpc) is 2.68. The summed E-state index contributed by atoms with van der Waals surface area (Å²) in [5, 5.41) is 3.45. The van der Waals surface area contributed by atoms with E-state index in [4.69, 9.17) is 17.3 Å². The van der Waals surface area contributed by atoms with E-state index in [0.29, 0.717) is 10.7 Å². The molecule has 0 saturated heterocycles.